The van der Waals surface area contributed by atoms with E-state index in [-0.39, 0.29) is 9.72 Å². The molecule has 0 N–H and O–H groups in total. The number of rotatable bonds is 6. The van der Waals surface area contributed by atoms with Crippen LogP contribution in [-0.4, -0.2) is 30.1 Å². The minimum Gasteiger partial charge on any atom is -0.592 e. The number of hydroxylamine groups is 2. The van der Waals surface area contributed by atoms with E-state index in [9.17, 15) is 10.4 Å². The highest BCUT2D eigenvalue weighted by atomic mass is 16.7. The van der Waals surface area contributed by atoms with Crippen LogP contribution in [0.25, 0.3) is 0 Å². The van der Waals surface area contributed by atoms with Crippen molar-refractivity contribution in [2.45, 2.75) is 25.9 Å². The van der Waals surface area contributed by atoms with Gasteiger partial charge in [0.05, 0.1) is 6.42 Å². The van der Waals surface area contributed by atoms with E-state index >= 15 is 0 Å². The fraction of sp³-hybridized carbons (Fsp3) is 1.00. The third-order valence-corrected chi connectivity index (χ3v) is 1.38. The van der Waals surface area contributed by atoms with Crippen molar-refractivity contribution in [3.05, 3.63) is 10.4 Å². The molecule has 0 spiro atoms. The lowest BCUT2D eigenvalue weighted by atomic mass is 10.3. The van der Waals surface area contributed by atoms with Crippen LogP contribution < -0.4 is 0 Å². The minimum absolute atomic E-state index is 0.152. The molecule has 8 nitrogen and oxygen atoms in total. The van der Waals surface area contributed by atoms with E-state index in [1.54, 1.807) is 0 Å². The third-order valence-electron chi connectivity index (χ3n) is 1.38. The molecule has 0 saturated carbocycles. The molecule has 82 valence electrons. The van der Waals surface area contributed by atoms with Crippen LogP contribution in [0.1, 0.15) is 19.8 Å². The quantitative estimate of drug-likeness (QED) is 0.282. The van der Waals surface area contributed by atoms with Gasteiger partial charge in [-0.15, -0.1) is 0 Å². The molecule has 0 atom stereocenters. The Hall–Kier alpha value is -1.60. The fourth-order valence-electron chi connectivity index (χ4n) is 0.833. The number of hydrogen-bond acceptors (Lipinski definition) is 6. The third kappa shape index (κ3) is 3.87. The first-order valence-corrected chi connectivity index (χ1v) is 4.08. The Balaban J connectivity index is 4.58. The lowest BCUT2D eigenvalue weighted by molar-refractivity contribution is -0.797. The smallest absolute Gasteiger partial charge is 0.416 e. The zero-order valence-electron chi connectivity index (χ0n) is 8.41. The van der Waals surface area contributed by atoms with Crippen LogP contribution in [0.4, 0.5) is 0 Å². The Labute approximate surface area is 81.5 Å². The van der Waals surface area contributed by atoms with Gasteiger partial charge >= 0.3 is 6.17 Å². The van der Waals surface area contributed by atoms with Crippen LogP contribution >= 0.6 is 0 Å². The maximum absolute atomic E-state index is 11.1. The molecule has 0 aromatic rings. The highest BCUT2D eigenvalue weighted by molar-refractivity contribution is 4.37. The molecule has 14 heavy (non-hydrogen) atoms. The molecule has 0 aliphatic heterocycles. The van der Waals surface area contributed by atoms with E-state index in [0.29, 0.717) is 12.8 Å². The van der Waals surface area contributed by atoms with Crippen molar-refractivity contribution in [3.63, 3.8) is 0 Å². The normalized spacial score (nSPS) is 15.1. The fourth-order valence-corrected chi connectivity index (χ4v) is 0.833. The van der Waals surface area contributed by atoms with Crippen molar-refractivity contribution in [2.75, 3.05) is 14.2 Å². The molecule has 0 unspecified atom stereocenters. The van der Waals surface area contributed by atoms with Gasteiger partial charge in [0, 0.05) is 9.72 Å². The molecule has 0 radical (unpaired) electrons. The Morgan fingerprint density at radius 1 is 1.14 bits per heavy atom. The topological polar surface area (TPSA) is 95.3 Å². The summed E-state index contributed by atoms with van der Waals surface area (Å²) in [5.41, 5.74) is 0. The van der Waals surface area contributed by atoms with Gasteiger partial charge in [0.15, 0.2) is 0 Å². The van der Waals surface area contributed by atoms with Gasteiger partial charge < -0.3 is 20.1 Å². The van der Waals surface area contributed by atoms with Crippen molar-refractivity contribution in [1.82, 2.24) is 0 Å². The first-order chi connectivity index (χ1) is 6.67. The highest BCUT2D eigenvalue weighted by Gasteiger charge is 2.28. The van der Waals surface area contributed by atoms with Gasteiger partial charge in [0.1, 0.15) is 14.2 Å². The lowest BCUT2D eigenvalue weighted by Gasteiger charge is -2.08. The van der Waals surface area contributed by atoms with Gasteiger partial charge in [0.2, 0.25) is 10.6 Å². The second-order valence-corrected chi connectivity index (χ2v) is 2.40. The predicted octanol–water partition coefficient (Wildman–Crippen LogP) is 1.16. The van der Waals surface area contributed by atoms with Crippen molar-refractivity contribution in [2.24, 2.45) is 10.6 Å². The van der Waals surface area contributed by atoms with E-state index in [2.05, 4.69) is 20.2 Å². The molecule has 8 heteroatoms. The molecule has 0 aromatic carbocycles. The SMILES string of the molecule is CCCC([N+]([O-])=NOC)[N+]([O-])=NOC. The minimum atomic E-state index is -1.06. The second-order valence-electron chi connectivity index (χ2n) is 2.40. The first-order valence-electron chi connectivity index (χ1n) is 4.08. The summed E-state index contributed by atoms with van der Waals surface area (Å²) in [6.45, 7) is 1.83. The Morgan fingerprint density at radius 3 is 1.86 bits per heavy atom. The van der Waals surface area contributed by atoms with Gasteiger partial charge in [-0.3, -0.25) is 0 Å². The van der Waals surface area contributed by atoms with Crippen molar-refractivity contribution in [1.29, 1.82) is 0 Å². The Morgan fingerprint density at radius 2 is 1.57 bits per heavy atom. The van der Waals surface area contributed by atoms with Crippen LogP contribution in [-0.2, 0) is 9.68 Å². The van der Waals surface area contributed by atoms with Gasteiger partial charge in [-0.05, 0) is 6.42 Å². The van der Waals surface area contributed by atoms with Crippen molar-refractivity contribution < 1.29 is 19.4 Å². The highest BCUT2D eigenvalue weighted by Crippen LogP contribution is 2.04. The summed E-state index contributed by atoms with van der Waals surface area (Å²) in [6, 6.07) is 0. The molecule has 0 aromatic heterocycles. The first kappa shape index (κ1) is 12.4. The summed E-state index contributed by atoms with van der Waals surface area (Å²) in [5.74, 6) is 0. The lowest BCUT2D eigenvalue weighted by Crippen LogP contribution is -2.30. The predicted molar refractivity (Wildman–Crippen MR) is 44.8 cm³/mol. The molecular formula is C6H14N4O4. The standard InChI is InChI=1S/C6H14N4O4/c1-4-5-6(9(11)7-13-2)10(12)8-14-3/h6H,4-5H2,1-3H3. The largest absolute Gasteiger partial charge is 0.592 e. The second kappa shape index (κ2) is 6.87. The van der Waals surface area contributed by atoms with Crippen LogP contribution in [0, 0.1) is 10.4 Å². The van der Waals surface area contributed by atoms with Gasteiger partial charge in [-0.2, -0.15) is 0 Å². The summed E-state index contributed by atoms with van der Waals surface area (Å²) in [5, 5.41) is 28.4. The molecule has 0 amide bonds. The van der Waals surface area contributed by atoms with E-state index < -0.39 is 6.17 Å². The Kier molecular flexibility index (Phi) is 6.08. The zero-order chi connectivity index (χ0) is 11.0. The maximum Gasteiger partial charge on any atom is 0.416 e. The number of nitrogens with zero attached hydrogens (tertiary/aromatic N) is 4. The van der Waals surface area contributed by atoms with Crippen LogP contribution in [0.15, 0.2) is 10.6 Å². The van der Waals surface area contributed by atoms with E-state index in [1.165, 1.54) is 14.2 Å². The van der Waals surface area contributed by atoms with E-state index in [4.69, 9.17) is 0 Å². The summed E-state index contributed by atoms with van der Waals surface area (Å²) in [6.07, 6.45) is -0.104. The van der Waals surface area contributed by atoms with Crippen molar-refractivity contribution in [3.8, 4) is 0 Å². The molecule has 0 aliphatic rings. The molecule has 0 aliphatic carbocycles. The Bertz CT molecular complexity index is 198. The van der Waals surface area contributed by atoms with Crippen LogP contribution in [0.5, 0.6) is 0 Å². The average Bonchev–Trinajstić information content (AvgIpc) is 2.14. The van der Waals surface area contributed by atoms with Crippen LogP contribution in [0.3, 0.4) is 0 Å². The van der Waals surface area contributed by atoms with Gasteiger partial charge in [0.25, 0.3) is 0 Å². The van der Waals surface area contributed by atoms with Gasteiger partial charge in [-0.25, -0.2) is 0 Å². The molecule has 0 bridgehead atoms. The summed E-state index contributed by atoms with van der Waals surface area (Å²) >= 11 is 0. The monoisotopic (exact) mass is 206 g/mol. The molecular weight excluding hydrogens is 192 g/mol. The molecule has 0 rings (SSSR count). The summed E-state index contributed by atoms with van der Waals surface area (Å²) < 4.78 is 0. The maximum atomic E-state index is 11.1. The van der Waals surface area contributed by atoms with Crippen LogP contribution in [0.2, 0.25) is 0 Å². The molecule has 0 heterocycles. The zero-order valence-corrected chi connectivity index (χ0v) is 8.41. The van der Waals surface area contributed by atoms with Crippen molar-refractivity contribution >= 4 is 0 Å². The number of hydrogen-bond donors (Lipinski definition) is 0. The molecule has 0 saturated heterocycles. The molecule has 0 fully saturated rings. The summed E-state index contributed by atoms with van der Waals surface area (Å²) in [7, 11) is 2.44. The van der Waals surface area contributed by atoms with E-state index in [0.717, 1.165) is 0 Å². The average molecular weight is 206 g/mol. The van der Waals surface area contributed by atoms with Gasteiger partial charge in [-0.1, -0.05) is 6.92 Å². The van der Waals surface area contributed by atoms with E-state index in [1.807, 2.05) is 6.92 Å². The summed E-state index contributed by atoms with van der Waals surface area (Å²) in [4.78, 5) is 8.80.